The molecule has 1 aliphatic heterocycles. The molecule has 1 aromatic heterocycles. The van der Waals surface area contributed by atoms with Crippen LogP contribution in [0.15, 0.2) is 70.2 Å². The van der Waals surface area contributed by atoms with Gasteiger partial charge in [0.1, 0.15) is 5.76 Å². The van der Waals surface area contributed by atoms with Crippen molar-refractivity contribution < 1.29 is 14.0 Å². The van der Waals surface area contributed by atoms with Crippen LogP contribution in [-0.4, -0.2) is 16.7 Å². The summed E-state index contributed by atoms with van der Waals surface area (Å²) in [6.07, 6.45) is 1.61. The molecule has 152 valence electrons. The molecule has 0 spiro atoms. The highest BCUT2D eigenvalue weighted by Crippen LogP contribution is 2.38. The van der Waals surface area contributed by atoms with Gasteiger partial charge in [0.25, 0.3) is 11.8 Å². The van der Waals surface area contributed by atoms with Gasteiger partial charge in [0.15, 0.2) is 0 Å². The second-order valence-electron chi connectivity index (χ2n) is 7.55. The summed E-state index contributed by atoms with van der Waals surface area (Å²) in [5, 5.41) is 0. The number of rotatable bonds is 6. The third-order valence-corrected chi connectivity index (χ3v) is 6.42. The average molecular weight is 418 g/mol. The zero-order valence-electron chi connectivity index (χ0n) is 17.3. The van der Waals surface area contributed by atoms with Gasteiger partial charge in [0.05, 0.1) is 29.0 Å². The molecule has 0 saturated heterocycles. The van der Waals surface area contributed by atoms with E-state index in [0.717, 1.165) is 33.6 Å². The predicted molar refractivity (Wildman–Crippen MR) is 120 cm³/mol. The number of amides is 2. The minimum absolute atomic E-state index is 0.245. The zero-order valence-corrected chi connectivity index (χ0v) is 18.1. The molecule has 0 fully saturated rings. The van der Waals surface area contributed by atoms with E-state index >= 15 is 0 Å². The van der Waals surface area contributed by atoms with Gasteiger partial charge in [-0.3, -0.25) is 14.5 Å². The van der Waals surface area contributed by atoms with Crippen LogP contribution in [0.1, 0.15) is 33.6 Å². The van der Waals surface area contributed by atoms with Gasteiger partial charge in [0.2, 0.25) is 0 Å². The smallest absolute Gasteiger partial charge is 0.268 e. The van der Waals surface area contributed by atoms with Gasteiger partial charge >= 0.3 is 0 Å². The van der Waals surface area contributed by atoms with E-state index in [2.05, 4.69) is 0 Å². The molecule has 2 heterocycles. The first-order valence-corrected chi connectivity index (χ1v) is 10.8. The van der Waals surface area contributed by atoms with Crippen LogP contribution in [0.2, 0.25) is 0 Å². The predicted octanol–water partition coefficient (Wildman–Crippen LogP) is 5.42. The van der Waals surface area contributed by atoms with Gasteiger partial charge in [0, 0.05) is 0 Å². The zero-order chi connectivity index (χ0) is 21.3. The molecule has 0 atom stereocenters. The molecular formula is C25H23NO3S. The lowest BCUT2D eigenvalue weighted by atomic mass is 10.0. The standard InChI is InChI=1S/C25H23NO3S/c1-16-6-9-19(10-7-16)14-26-24(27)22(20-11-8-17(2)18(3)13-20)23(25(26)28)30-15-21-5-4-12-29-21/h4-13H,14-15H2,1-3H3. The number of hydrogen-bond donors (Lipinski definition) is 0. The topological polar surface area (TPSA) is 50.5 Å². The van der Waals surface area contributed by atoms with E-state index in [-0.39, 0.29) is 18.4 Å². The van der Waals surface area contributed by atoms with E-state index in [4.69, 9.17) is 4.42 Å². The normalized spacial score (nSPS) is 14.2. The van der Waals surface area contributed by atoms with Gasteiger partial charge < -0.3 is 4.42 Å². The summed E-state index contributed by atoms with van der Waals surface area (Å²) >= 11 is 1.36. The molecule has 0 saturated carbocycles. The molecular weight excluding hydrogens is 394 g/mol. The summed E-state index contributed by atoms with van der Waals surface area (Å²) in [7, 11) is 0. The number of imide groups is 1. The Bertz CT molecular complexity index is 1130. The van der Waals surface area contributed by atoms with Crippen molar-refractivity contribution in [1.29, 1.82) is 0 Å². The van der Waals surface area contributed by atoms with Crippen molar-refractivity contribution in [3.8, 4) is 0 Å². The van der Waals surface area contributed by atoms with Gasteiger partial charge in [-0.1, -0.05) is 48.0 Å². The molecule has 1 aliphatic rings. The lowest BCUT2D eigenvalue weighted by Gasteiger charge is -2.15. The number of aryl methyl sites for hydroxylation is 3. The van der Waals surface area contributed by atoms with E-state index in [1.807, 2.05) is 75.4 Å². The summed E-state index contributed by atoms with van der Waals surface area (Å²) in [6.45, 7) is 6.32. The Balaban J connectivity index is 1.69. The van der Waals surface area contributed by atoms with Crippen LogP contribution in [0.3, 0.4) is 0 Å². The van der Waals surface area contributed by atoms with Gasteiger partial charge in [-0.05, 0) is 55.2 Å². The first kappa shape index (κ1) is 20.2. The van der Waals surface area contributed by atoms with Crippen LogP contribution in [-0.2, 0) is 21.9 Å². The number of hydrogen-bond acceptors (Lipinski definition) is 4. The minimum atomic E-state index is -0.245. The molecule has 0 radical (unpaired) electrons. The fourth-order valence-corrected chi connectivity index (χ4v) is 4.43. The van der Waals surface area contributed by atoms with Crippen molar-refractivity contribution in [2.24, 2.45) is 0 Å². The second kappa shape index (κ2) is 8.36. The fourth-order valence-electron chi connectivity index (χ4n) is 3.40. The summed E-state index contributed by atoms with van der Waals surface area (Å²) in [5.41, 5.74) is 5.57. The molecule has 2 aromatic carbocycles. The highest BCUT2D eigenvalue weighted by atomic mass is 32.2. The third-order valence-electron chi connectivity index (χ3n) is 5.32. The minimum Gasteiger partial charge on any atom is -0.468 e. The SMILES string of the molecule is Cc1ccc(CN2C(=O)C(SCc3ccco3)=C(c3ccc(C)c(C)c3)C2=O)cc1. The Hall–Kier alpha value is -3.05. The van der Waals surface area contributed by atoms with Crippen molar-refractivity contribution >= 4 is 29.1 Å². The van der Waals surface area contributed by atoms with Crippen molar-refractivity contribution in [2.75, 3.05) is 0 Å². The highest BCUT2D eigenvalue weighted by molar-refractivity contribution is 8.03. The van der Waals surface area contributed by atoms with Crippen LogP contribution >= 0.6 is 11.8 Å². The van der Waals surface area contributed by atoms with Crippen molar-refractivity contribution in [3.05, 3.63) is 99.3 Å². The average Bonchev–Trinajstić information content (AvgIpc) is 3.32. The number of furan rings is 1. The molecule has 2 amide bonds. The van der Waals surface area contributed by atoms with Crippen molar-refractivity contribution in [2.45, 2.75) is 33.1 Å². The molecule has 4 nitrogen and oxygen atoms in total. The Labute approximate surface area is 180 Å². The molecule has 0 N–H and O–H groups in total. The van der Waals surface area contributed by atoms with E-state index < -0.39 is 0 Å². The van der Waals surface area contributed by atoms with Crippen LogP contribution in [0.4, 0.5) is 0 Å². The molecule has 0 aliphatic carbocycles. The maximum Gasteiger partial charge on any atom is 0.268 e. The molecule has 5 heteroatoms. The number of carbonyl (C=O) groups excluding carboxylic acids is 2. The Morgan fingerprint density at radius 2 is 1.67 bits per heavy atom. The molecule has 0 unspecified atom stereocenters. The first-order valence-electron chi connectivity index (χ1n) is 9.83. The van der Waals surface area contributed by atoms with E-state index in [0.29, 0.717) is 16.2 Å². The van der Waals surface area contributed by atoms with E-state index in [1.54, 1.807) is 6.26 Å². The van der Waals surface area contributed by atoms with Gasteiger partial charge in [-0.2, -0.15) is 0 Å². The van der Waals surface area contributed by atoms with Crippen LogP contribution in [0.5, 0.6) is 0 Å². The van der Waals surface area contributed by atoms with Gasteiger partial charge in [-0.15, -0.1) is 11.8 Å². The number of carbonyl (C=O) groups is 2. The van der Waals surface area contributed by atoms with Crippen molar-refractivity contribution in [3.63, 3.8) is 0 Å². The van der Waals surface area contributed by atoms with Crippen LogP contribution in [0, 0.1) is 20.8 Å². The van der Waals surface area contributed by atoms with Gasteiger partial charge in [-0.25, -0.2) is 0 Å². The maximum absolute atomic E-state index is 13.4. The van der Waals surface area contributed by atoms with Crippen LogP contribution in [0.25, 0.3) is 5.57 Å². The number of thioether (sulfide) groups is 1. The highest BCUT2D eigenvalue weighted by Gasteiger charge is 2.39. The quantitative estimate of drug-likeness (QED) is 0.503. The summed E-state index contributed by atoms with van der Waals surface area (Å²) in [6, 6.07) is 17.5. The van der Waals surface area contributed by atoms with E-state index in [9.17, 15) is 9.59 Å². The van der Waals surface area contributed by atoms with E-state index in [1.165, 1.54) is 16.7 Å². The summed E-state index contributed by atoms with van der Waals surface area (Å²) in [4.78, 5) is 28.5. The summed E-state index contributed by atoms with van der Waals surface area (Å²) in [5.74, 6) is 0.772. The monoisotopic (exact) mass is 417 g/mol. The largest absolute Gasteiger partial charge is 0.468 e. The lowest BCUT2D eigenvalue weighted by Crippen LogP contribution is -2.30. The summed E-state index contributed by atoms with van der Waals surface area (Å²) < 4.78 is 5.41. The molecule has 3 aromatic rings. The lowest BCUT2D eigenvalue weighted by molar-refractivity contribution is -0.137. The number of benzene rings is 2. The molecule has 4 rings (SSSR count). The Morgan fingerprint density at radius 1 is 0.900 bits per heavy atom. The van der Waals surface area contributed by atoms with Crippen molar-refractivity contribution in [1.82, 2.24) is 4.90 Å². The Morgan fingerprint density at radius 3 is 2.33 bits per heavy atom. The molecule has 0 bridgehead atoms. The van der Waals surface area contributed by atoms with Crippen LogP contribution < -0.4 is 0 Å². The molecule has 30 heavy (non-hydrogen) atoms. The fraction of sp³-hybridized carbons (Fsp3) is 0.200. The second-order valence-corrected chi connectivity index (χ2v) is 8.54. The Kier molecular flexibility index (Phi) is 5.64. The first-order chi connectivity index (χ1) is 14.4. The number of nitrogens with zero attached hydrogens (tertiary/aromatic N) is 1. The third kappa shape index (κ3) is 3.98. The maximum atomic E-state index is 13.4.